The number of thioether (sulfide) groups is 1. The van der Waals surface area contributed by atoms with Crippen LogP contribution >= 0.6 is 11.8 Å². The molecule has 0 saturated carbocycles. The average molecular weight is 345 g/mol. The third-order valence-corrected chi connectivity index (χ3v) is 4.95. The predicted molar refractivity (Wildman–Crippen MR) is 91.4 cm³/mol. The normalized spacial score (nSPS) is 18.9. The minimum absolute atomic E-state index is 0.0153. The van der Waals surface area contributed by atoms with E-state index in [-0.39, 0.29) is 16.2 Å². The zero-order valence-electron chi connectivity index (χ0n) is 13.0. The minimum atomic E-state index is -0.461. The number of nitrogens with zero attached hydrogens (tertiary/aromatic N) is 3. The van der Waals surface area contributed by atoms with Crippen molar-refractivity contribution in [2.75, 3.05) is 5.32 Å². The number of anilines is 2. The number of hydrogen-bond donors (Lipinski definition) is 2. The molecule has 1 unspecified atom stereocenters. The molecule has 1 aliphatic rings. The maximum absolute atomic E-state index is 11.6. The van der Waals surface area contributed by atoms with Crippen molar-refractivity contribution in [2.24, 2.45) is 0 Å². The minimum Gasteiger partial charge on any atom is -0.341 e. The van der Waals surface area contributed by atoms with Crippen molar-refractivity contribution in [2.45, 2.75) is 24.6 Å². The first-order valence-corrected chi connectivity index (χ1v) is 8.06. The van der Waals surface area contributed by atoms with Crippen molar-refractivity contribution in [1.82, 2.24) is 15.3 Å². The molecule has 0 bridgehead atoms. The Morgan fingerprint density at radius 1 is 1.38 bits per heavy atom. The van der Waals surface area contributed by atoms with Crippen LogP contribution in [0.25, 0.3) is 0 Å². The van der Waals surface area contributed by atoms with Crippen LogP contribution in [0.2, 0.25) is 0 Å². The van der Waals surface area contributed by atoms with E-state index in [0.29, 0.717) is 17.3 Å². The molecule has 24 heavy (non-hydrogen) atoms. The van der Waals surface area contributed by atoms with Crippen LogP contribution in [0.15, 0.2) is 36.5 Å². The molecule has 0 aliphatic carbocycles. The lowest BCUT2D eigenvalue weighted by Gasteiger charge is -2.24. The van der Waals surface area contributed by atoms with Gasteiger partial charge in [0.15, 0.2) is 0 Å². The lowest BCUT2D eigenvalue weighted by Crippen LogP contribution is -2.38. The number of amides is 1. The summed E-state index contributed by atoms with van der Waals surface area (Å²) in [6.07, 6.45) is 1.60. The summed E-state index contributed by atoms with van der Waals surface area (Å²) in [6, 6.07) is 7.87. The van der Waals surface area contributed by atoms with Crippen molar-refractivity contribution in [3.63, 3.8) is 0 Å². The zero-order valence-corrected chi connectivity index (χ0v) is 13.8. The molecule has 124 valence electrons. The molecular formula is C15H15N5O3S. The van der Waals surface area contributed by atoms with Crippen molar-refractivity contribution in [1.29, 1.82) is 0 Å². The number of nitrogens with one attached hydrogen (secondary N) is 2. The molecule has 0 spiro atoms. The standard InChI is InChI=1S/C15H15N5O3S/c1-15(2)12(24-14(21)19-15)11-6-7-16-13(18-11)17-9-4-3-5-10(8-9)20(22)23/h3-8,12H,1-2H3,(H,19,21)(H,16,17,18). The van der Waals surface area contributed by atoms with Gasteiger partial charge in [-0.1, -0.05) is 17.8 Å². The molecule has 1 amide bonds. The van der Waals surface area contributed by atoms with Crippen molar-refractivity contribution in [3.8, 4) is 0 Å². The number of nitro groups is 1. The van der Waals surface area contributed by atoms with E-state index in [2.05, 4.69) is 20.6 Å². The first kappa shape index (κ1) is 16.2. The summed E-state index contributed by atoms with van der Waals surface area (Å²) >= 11 is 1.19. The van der Waals surface area contributed by atoms with Crippen molar-refractivity contribution in [3.05, 3.63) is 52.3 Å². The Hall–Kier alpha value is -2.68. The smallest absolute Gasteiger partial charge is 0.280 e. The maximum atomic E-state index is 11.6. The van der Waals surface area contributed by atoms with E-state index in [1.807, 2.05) is 13.8 Å². The fraction of sp³-hybridized carbons (Fsp3) is 0.267. The van der Waals surface area contributed by atoms with Crippen LogP contribution in [-0.4, -0.2) is 25.7 Å². The second kappa shape index (κ2) is 6.08. The van der Waals surface area contributed by atoms with E-state index in [0.717, 1.165) is 0 Å². The number of aromatic nitrogens is 2. The van der Waals surface area contributed by atoms with Gasteiger partial charge in [-0.15, -0.1) is 0 Å². The van der Waals surface area contributed by atoms with Gasteiger partial charge in [0.25, 0.3) is 10.9 Å². The molecule has 1 saturated heterocycles. The van der Waals surface area contributed by atoms with Crippen molar-refractivity contribution >= 4 is 34.3 Å². The Labute approximate surface area is 142 Å². The van der Waals surface area contributed by atoms with Crippen LogP contribution in [0.4, 0.5) is 22.1 Å². The van der Waals surface area contributed by atoms with Gasteiger partial charge in [0.2, 0.25) is 5.95 Å². The number of hydrogen-bond acceptors (Lipinski definition) is 7. The fourth-order valence-electron chi connectivity index (χ4n) is 2.45. The second-order valence-electron chi connectivity index (χ2n) is 5.87. The molecule has 1 aliphatic heterocycles. The second-order valence-corrected chi connectivity index (χ2v) is 6.95. The highest BCUT2D eigenvalue weighted by Gasteiger charge is 2.42. The quantitative estimate of drug-likeness (QED) is 0.645. The molecule has 8 nitrogen and oxygen atoms in total. The van der Waals surface area contributed by atoms with Gasteiger partial charge in [0.1, 0.15) is 0 Å². The zero-order chi connectivity index (χ0) is 17.3. The Balaban J connectivity index is 1.85. The largest absolute Gasteiger partial charge is 0.341 e. The summed E-state index contributed by atoms with van der Waals surface area (Å²) in [5.74, 6) is 0.323. The van der Waals surface area contributed by atoms with E-state index in [9.17, 15) is 14.9 Å². The number of nitro benzene ring substituents is 1. The van der Waals surface area contributed by atoms with Crippen LogP contribution in [0.1, 0.15) is 24.8 Å². The molecule has 2 heterocycles. The maximum Gasteiger partial charge on any atom is 0.280 e. The molecule has 1 atom stereocenters. The highest BCUT2D eigenvalue weighted by atomic mass is 32.2. The summed E-state index contributed by atoms with van der Waals surface area (Å²) in [5, 5.41) is 16.5. The Morgan fingerprint density at radius 2 is 2.17 bits per heavy atom. The first-order valence-electron chi connectivity index (χ1n) is 7.18. The lowest BCUT2D eigenvalue weighted by molar-refractivity contribution is -0.384. The average Bonchev–Trinajstić information content (AvgIpc) is 2.80. The summed E-state index contributed by atoms with van der Waals surface area (Å²) in [6.45, 7) is 3.87. The SMILES string of the molecule is CC1(C)NC(=O)SC1c1ccnc(Nc2cccc([N+](=O)[O-])c2)n1. The van der Waals surface area contributed by atoms with Gasteiger partial charge in [-0.25, -0.2) is 9.97 Å². The molecule has 1 fully saturated rings. The summed E-state index contributed by atoms with van der Waals surface area (Å²) in [4.78, 5) is 30.6. The van der Waals surface area contributed by atoms with E-state index in [1.165, 1.54) is 23.9 Å². The summed E-state index contributed by atoms with van der Waals surface area (Å²) in [7, 11) is 0. The van der Waals surface area contributed by atoms with E-state index < -0.39 is 10.5 Å². The number of rotatable bonds is 4. The van der Waals surface area contributed by atoms with Crippen LogP contribution in [0, 0.1) is 10.1 Å². The molecule has 2 aromatic rings. The number of carbonyl (C=O) groups excluding carboxylic acids is 1. The third kappa shape index (κ3) is 3.30. The molecule has 3 rings (SSSR count). The predicted octanol–water partition coefficient (Wildman–Crippen LogP) is 3.40. The summed E-state index contributed by atoms with van der Waals surface area (Å²) in [5.41, 5.74) is 0.803. The van der Waals surface area contributed by atoms with Gasteiger partial charge in [0, 0.05) is 24.0 Å². The van der Waals surface area contributed by atoms with Gasteiger partial charge in [-0.05, 0) is 26.0 Å². The van der Waals surface area contributed by atoms with Crippen molar-refractivity contribution < 1.29 is 9.72 Å². The van der Waals surface area contributed by atoms with Crippen LogP contribution in [0.3, 0.4) is 0 Å². The Morgan fingerprint density at radius 3 is 2.83 bits per heavy atom. The number of non-ortho nitro benzene ring substituents is 1. The van der Waals surface area contributed by atoms with Gasteiger partial charge in [0.05, 0.1) is 21.4 Å². The molecule has 2 N–H and O–H groups in total. The number of benzene rings is 1. The Kier molecular flexibility index (Phi) is 4.10. The topological polar surface area (TPSA) is 110 Å². The lowest BCUT2D eigenvalue weighted by atomic mass is 9.98. The monoisotopic (exact) mass is 345 g/mol. The van der Waals surface area contributed by atoms with E-state index in [1.54, 1.807) is 24.4 Å². The third-order valence-electron chi connectivity index (χ3n) is 3.56. The van der Waals surface area contributed by atoms with Crippen LogP contribution in [-0.2, 0) is 0 Å². The fourth-order valence-corrected chi connectivity index (χ4v) is 3.59. The Bertz CT molecular complexity index is 811. The van der Waals surface area contributed by atoms with Gasteiger partial charge in [-0.3, -0.25) is 14.9 Å². The van der Waals surface area contributed by atoms with Gasteiger partial charge in [-0.2, -0.15) is 0 Å². The molecule has 0 radical (unpaired) electrons. The number of carbonyl (C=O) groups is 1. The first-order chi connectivity index (χ1) is 11.3. The molecule has 9 heteroatoms. The summed E-state index contributed by atoms with van der Waals surface area (Å²) < 4.78 is 0. The highest BCUT2D eigenvalue weighted by molar-refractivity contribution is 8.14. The highest BCUT2D eigenvalue weighted by Crippen LogP contribution is 2.43. The van der Waals surface area contributed by atoms with Crippen LogP contribution < -0.4 is 10.6 Å². The molecule has 1 aromatic heterocycles. The van der Waals surface area contributed by atoms with Crippen LogP contribution in [0.5, 0.6) is 0 Å². The molecule has 1 aromatic carbocycles. The molecular weight excluding hydrogens is 330 g/mol. The van der Waals surface area contributed by atoms with E-state index in [4.69, 9.17) is 0 Å². The van der Waals surface area contributed by atoms with E-state index >= 15 is 0 Å². The van der Waals surface area contributed by atoms with Gasteiger partial charge >= 0.3 is 0 Å². The van der Waals surface area contributed by atoms with Gasteiger partial charge < -0.3 is 10.6 Å².